The molecular weight excluding hydrogens is 358 g/mol. The molecule has 0 unspecified atom stereocenters. The minimum absolute atomic E-state index is 0.250. The van der Waals surface area contributed by atoms with Gasteiger partial charge in [-0.15, -0.1) is 0 Å². The van der Waals surface area contributed by atoms with Crippen LogP contribution in [-0.2, 0) is 11.2 Å². The Labute approximate surface area is 163 Å². The monoisotopic (exact) mass is 381 g/mol. The molecular formula is C22H23NO5. The van der Waals surface area contributed by atoms with Gasteiger partial charge in [0.15, 0.2) is 0 Å². The maximum atomic E-state index is 12.0. The number of benzene rings is 2. The Morgan fingerprint density at radius 3 is 2.89 bits per heavy atom. The summed E-state index contributed by atoms with van der Waals surface area (Å²) in [5.41, 5.74) is 3.75. The number of hydrogen-bond donors (Lipinski definition) is 1. The third-order valence-electron chi connectivity index (χ3n) is 4.63. The number of H-pyrrole nitrogens is 1. The topological polar surface area (TPSA) is 69.8 Å². The minimum atomic E-state index is -0.734. The van der Waals surface area contributed by atoms with Gasteiger partial charge in [0.2, 0.25) is 5.88 Å². The molecule has 0 bridgehead atoms. The third-order valence-corrected chi connectivity index (χ3v) is 4.63. The molecule has 146 valence electrons. The number of aromatic amines is 1. The number of nitrogens with one attached hydrogen (secondary N) is 1. The Balaban J connectivity index is 1.82. The van der Waals surface area contributed by atoms with Crippen molar-refractivity contribution in [2.24, 2.45) is 0 Å². The van der Waals surface area contributed by atoms with Crippen LogP contribution in [0.25, 0.3) is 22.0 Å². The third kappa shape index (κ3) is 3.50. The van der Waals surface area contributed by atoms with Gasteiger partial charge in [-0.2, -0.15) is 0 Å². The van der Waals surface area contributed by atoms with E-state index >= 15 is 0 Å². The zero-order valence-electron chi connectivity index (χ0n) is 16.0. The van der Waals surface area contributed by atoms with Gasteiger partial charge in [0.05, 0.1) is 25.4 Å². The Hall–Kier alpha value is -3.15. The van der Waals surface area contributed by atoms with Gasteiger partial charge < -0.3 is 23.9 Å². The molecule has 0 spiro atoms. The van der Waals surface area contributed by atoms with Gasteiger partial charge in [-0.25, -0.2) is 4.79 Å². The van der Waals surface area contributed by atoms with Crippen molar-refractivity contribution < 1.29 is 23.7 Å². The fourth-order valence-electron chi connectivity index (χ4n) is 3.39. The minimum Gasteiger partial charge on any atom is -0.494 e. The van der Waals surface area contributed by atoms with Crippen LogP contribution in [0, 0.1) is 0 Å². The molecule has 2 heterocycles. The Kier molecular flexibility index (Phi) is 5.10. The lowest BCUT2D eigenvalue weighted by Crippen LogP contribution is -2.10. The van der Waals surface area contributed by atoms with Crippen LogP contribution in [0.5, 0.6) is 17.4 Å². The van der Waals surface area contributed by atoms with Crippen molar-refractivity contribution in [3.63, 3.8) is 0 Å². The van der Waals surface area contributed by atoms with E-state index in [1.54, 1.807) is 6.92 Å². The second-order valence-corrected chi connectivity index (χ2v) is 6.59. The van der Waals surface area contributed by atoms with E-state index in [0.717, 1.165) is 51.9 Å². The quantitative estimate of drug-likeness (QED) is 0.602. The number of ether oxygens (including phenoxy) is 4. The van der Waals surface area contributed by atoms with Gasteiger partial charge in [0.25, 0.3) is 0 Å². The lowest BCUT2D eigenvalue weighted by atomic mass is 10.0. The largest absolute Gasteiger partial charge is 0.515 e. The highest BCUT2D eigenvalue weighted by atomic mass is 16.7. The molecule has 2 aromatic carbocycles. The van der Waals surface area contributed by atoms with Crippen LogP contribution in [-0.4, -0.2) is 31.0 Å². The van der Waals surface area contributed by atoms with Crippen LogP contribution < -0.4 is 14.2 Å². The van der Waals surface area contributed by atoms with E-state index in [2.05, 4.69) is 18.0 Å². The maximum absolute atomic E-state index is 12.0. The fourth-order valence-corrected chi connectivity index (χ4v) is 3.39. The van der Waals surface area contributed by atoms with Gasteiger partial charge in [0.1, 0.15) is 11.5 Å². The number of fused-ring (bicyclic) bond motifs is 2. The van der Waals surface area contributed by atoms with E-state index in [1.165, 1.54) is 0 Å². The Bertz CT molecular complexity index is 1010. The number of carbonyl (C=O) groups excluding carboxylic acids is 1. The molecule has 0 amide bonds. The SMILES string of the molecule is CCCOc1ccc2[nH]c(OC(=O)OCC)c(-c3ccc4c(c3)CCO4)c2c1. The summed E-state index contributed by atoms with van der Waals surface area (Å²) in [4.78, 5) is 15.2. The molecule has 0 fully saturated rings. The summed E-state index contributed by atoms with van der Waals surface area (Å²) in [5.74, 6) is 2.05. The van der Waals surface area contributed by atoms with Crippen LogP contribution >= 0.6 is 0 Å². The molecule has 0 atom stereocenters. The van der Waals surface area contributed by atoms with Gasteiger partial charge in [-0.1, -0.05) is 13.0 Å². The summed E-state index contributed by atoms with van der Waals surface area (Å²) in [6.45, 7) is 5.39. The summed E-state index contributed by atoms with van der Waals surface area (Å²) in [5, 5.41) is 0.923. The Morgan fingerprint density at radius 1 is 1.18 bits per heavy atom. The molecule has 1 aliphatic heterocycles. The zero-order valence-corrected chi connectivity index (χ0v) is 16.0. The van der Waals surface area contributed by atoms with Gasteiger partial charge in [-0.05, 0) is 54.8 Å². The molecule has 0 saturated heterocycles. The second-order valence-electron chi connectivity index (χ2n) is 6.59. The number of aromatic nitrogens is 1. The standard InChI is InChI=1S/C22H23NO5/c1-3-10-26-16-6-7-18-17(13-16)20(21(23-18)28-22(24)25-4-2)15-5-8-19-14(12-15)9-11-27-19/h5-8,12-13,23H,3-4,9-11H2,1-2H3. The van der Waals surface area contributed by atoms with Crippen LogP contribution in [0.2, 0.25) is 0 Å². The first-order chi connectivity index (χ1) is 13.7. The highest BCUT2D eigenvalue weighted by molar-refractivity contribution is 6.00. The molecule has 6 nitrogen and oxygen atoms in total. The highest BCUT2D eigenvalue weighted by Crippen LogP contribution is 2.41. The number of hydrogen-bond acceptors (Lipinski definition) is 5. The van der Waals surface area contributed by atoms with E-state index in [0.29, 0.717) is 19.1 Å². The molecule has 6 heteroatoms. The lowest BCUT2D eigenvalue weighted by molar-refractivity contribution is 0.103. The summed E-state index contributed by atoms with van der Waals surface area (Å²) >= 11 is 0. The van der Waals surface area contributed by atoms with Gasteiger partial charge in [-0.3, -0.25) is 0 Å². The molecule has 1 aromatic heterocycles. The molecule has 1 N–H and O–H groups in total. The van der Waals surface area contributed by atoms with Gasteiger partial charge in [0, 0.05) is 17.3 Å². The predicted molar refractivity (Wildman–Crippen MR) is 106 cm³/mol. The van der Waals surface area contributed by atoms with Crippen molar-refractivity contribution in [2.45, 2.75) is 26.7 Å². The molecule has 28 heavy (non-hydrogen) atoms. The van der Waals surface area contributed by atoms with Crippen molar-refractivity contribution in [3.05, 3.63) is 42.0 Å². The number of carbonyl (C=O) groups is 1. The zero-order chi connectivity index (χ0) is 19.5. The summed E-state index contributed by atoms with van der Waals surface area (Å²) < 4.78 is 21.8. The maximum Gasteiger partial charge on any atom is 0.515 e. The van der Waals surface area contributed by atoms with Crippen molar-refractivity contribution in [3.8, 4) is 28.5 Å². The first kappa shape index (κ1) is 18.2. The first-order valence-electron chi connectivity index (χ1n) is 9.58. The van der Waals surface area contributed by atoms with Crippen molar-refractivity contribution in [1.29, 1.82) is 0 Å². The average Bonchev–Trinajstić information content (AvgIpc) is 3.29. The van der Waals surface area contributed by atoms with Crippen LogP contribution in [0.4, 0.5) is 4.79 Å². The molecule has 0 radical (unpaired) electrons. The van der Waals surface area contributed by atoms with E-state index in [1.807, 2.05) is 30.3 Å². The first-order valence-corrected chi connectivity index (χ1v) is 9.58. The summed E-state index contributed by atoms with van der Waals surface area (Å²) in [7, 11) is 0. The molecule has 0 aliphatic carbocycles. The van der Waals surface area contributed by atoms with Crippen LogP contribution in [0.3, 0.4) is 0 Å². The molecule has 0 saturated carbocycles. The summed E-state index contributed by atoms with van der Waals surface area (Å²) in [6.07, 6.45) is 1.06. The fraction of sp³-hybridized carbons (Fsp3) is 0.318. The smallest absolute Gasteiger partial charge is 0.494 e. The summed E-state index contributed by atoms with van der Waals surface area (Å²) in [6, 6.07) is 11.8. The van der Waals surface area contributed by atoms with E-state index in [9.17, 15) is 4.79 Å². The normalized spacial score (nSPS) is 12.5. The van der Waals surface area contributed by atoms with Crippen molar-refractivity contribution in [2.75, 3.05) is 19.8 Å². The average molecular weight is 381 g/mol. The van der Waals surface area contributed by atoms with Crippen molar-refractivity contribution in [1.82, 2.24) is 4.98 Å². The highest BCUT2D eigenvalue weighted by Gasteiger charge is 2.21. The van der Waals surface area contributed by atoms with Crippen molar-refractivity contribution >= 4 is 17.1 Å². The number of rotatable bonds is 6. The second kappa shape index (κ2) is 7.84. The lowest BCUT2D eigenvalue weighted by Gasteiger charge is -2.08. The molecule has 1 aliphatic rings. The van der Waals surface area contributed by atoms with E-state index in [-0.39, 0.29) is 6.61 Å². The van der Waals surface area contributed by atoms with Crippen LogP contribution in [0.1, 0.15) is 25.8 Å². The van der Waals surface area contributed by atoms with Gasteiger partial charge >= 0.3 is 6.16 Å². The van der Waals surface area contributed by atoms with Crippen LogP contribution in [0.15, 0.2) is 36.4 Å². The van der Waals surface area contributed by atoms with E-state index in [4.69, 9.17) is 18.9 Å². The molecule has 4 rings (SSSR count). The Morgan fingerprint density at radius 2 is 2.07 bits per heavy atom. The predicted octanol–water partition coefficient (Wildman–Crippen LogP) is 5.09. The van der Waals surface area contributed by atoms with E-state index < -0.39 is 6.16 Å². The molecule has 3 aromatic rings.